The summed E-state index contributed by atoms with van der Waals surface area (Å²) in [5.41, 5.74) is 0. The zero-order valence-corrected chi connectivity index (χ0v) is 16.6. The van der Waals surface area contributed by atoms with Crippen LogP contribution in [-0.4, -0.2) is 69.7 Å². The van der Waals surface area contributed by atoms with Crippen molar-refractivity contribution in [2.24, 2.45) is 0 Å². The number of rotatable bonds is 0. The molecule has 4 nitrogen and oxygen atoms in total. The molecule has 125 valence electrons. The summed E-state index contributed by atoms with van der Waals surface area (Å²) < 4.78 is 0. The van der Waals surface area contributed by atoms with Crippen molar-refractivity contribution in [2.45, 2.75) is 25.7 Å². The van der Waals surface area contributed by atoms with E-state index >= 15 is 0 Å². The monoisotopic (exact) mass is 373 g/mol. The van der Waals surface area contributed by atoms with Crippen LogP contribution in [0.25, 0.3) is 0 Å². The van der Waals surface area contributed by atoms with E-state index in [0.717, 1.165) is 32.6 Å². The van der Waals surface area contributed by atoms with E-state index in [2.05, 4.69) is 41.1 Å². The third-order valence-corrected chi connectivity index (χ3v) is 3.41. The van der Waals surface area contributed by atoms with Gasteiger partial charge in [-0.25, -0.2) is 0 Å². The fourth-order valence-corrected chi connectivity index (χ4v) is 2.24. The number of hydrogen-bond donors (Lipinski definition) is 2. The van der Waals surface area contributed by atoms with E-state index in [9.17, 15) is 0 Å². The molecule has 0 saturated carbocycles. The first-order valence-corrected chi connectivity index (χ1v) is 7.42. The van der Waals surface area contributed by atoms with Crippen LogP contribution in [0.5, 0.6) is 0 Å². The Morgan fingerprint density at radius 2 is 1.33 bits per heavy atom. The maximum Gasteiger partial charge on any atom is 3.00 e. The van der Waals surface area contributed by atoms with Crippen molar-refractivity contribution < 1.29 is 46.5 Å². The van der Waals surface area contributed by atoms with Gasteiger partial charge in [-0.15, -0.1) is 0 Å². The maximum atomic E-state index is 3.51. The van der Waals surface area contributed by atoms with Gasteiger partial charge in [0.15, 0.2) is 0 Å². The van der Waals surface area contributed by atoms with Gasteiger partial charge in [0.1, 0.15) is 0 Å². The summed E-state index contributed by atoms with van der Waals surface area (Å²) in [5, 5.41) is 7.00. The smallest absolute Gasteiger partial charge is 1.00 e. The molecule has 7 heteroatoms. The molecule has 1 heterocycles. The Bertz CT molecular complexity index is 184. The van der Waals surface area contributed by atoms with Crippen LogP contribution in [-0.2, 0) is 21.7 Å². The van der Waals surface area contributed by atoms with E-state index < -0.39 is 0 Å². The summed E-state index contributed by atoms with van der Waals surface area (Å²) >= 11 is 0. The zero-order chi connectivity index (χ0) is 13.1. The molecule has 1 rings (SSSR count). The molecule has 0 aromatic carbocycles. The molecule has 0 bridgehead atoms. The van der Waals surface area contributed by atoms with Gasteiger partial charge in [0.25, 0.3) is 0 Å². The fourth-order valence-electron chi connectivity index (χ4n) is 2.24. The number of halogens is 2. The van der Waals surface area contributed by atoms with Gasteiger partial charge < -0.3 is 45.2 Å². The van der Waals surface area contributed by atoms with Crippen molar-refractivity contribution >= 4 is 0 Å². The maximum absolute atomic E-state index is 3.51. The van der Waals surface area contributed by atoms with Crippen LogP contribution < -0.4 is 35.4 Å². The Labute approximate surface area is 158 Å². The average molecular weight is 374 g/mol. The first-order chi connectivity index (χ1) is 8.79. The van der Waals surface area contributed by atoms with Crippen LogP contribution in [0.3, 0.4) is 0 Å². The van der Waals surface area contributed by atoms with Crippen molar-refractivity contribution in [3.63, 3.8) is 0 Å². The summed E-state index contributed by atoms with van der Waals surface area (Å²) in [5.74, 6) is 0. The van der Waals surface area contributed by atoms with E-state index in [0.29, 0.717) is 0 Å². The molecular weight excluding hydrogens is 343 g/mol. The topological polar surface area (TPSA) is 30.5 Å². The molecule has 0 unspecified atom stereocenters. The minimum absolute atomic E-state index is 0. The largest absolute Gasteiger partial charge is 3.00 e. The molecule has 2 N–H and O–H groups in total. The predicted molar refractivity (Wildman–Crippen MR) is 78.6 cm³/mol. The van der Waals surface area contributed by atoms with Gasteiger partial charge in [-0.05, 0) is 79.2 Å². The first kappa shape index (κ1) is 27.0. The SMILES string of the molecule is CN1[CH-]CCNCCCNCCCN(C)CCC1.[Cl-].[Cl-].[Ti+3]. The molecular formula is C14H31Cl2N4Ti. The Balaban J connectivity index is -0.00000108. The summed E-state index contributed by atoms with van der Waals surface area (Å²) in [6.45, 7) is 10.4. The third kappa shape index (κ3) is 17.3. The first-order valence-electron chi connectivity index (χ1n) is 7.42. The molecule has 0 aromatic heterocycles. The number of hydrogen-bond acceptors (Lipinski definition) is 4. The van der Waals surface area contributed by atoms with Gasteiger partial charge in [-0.2, -0.15) is 6.42 Å². The average Bonchev–Trinajstić information content (AvgIpc) is 2.34. The third-order valence-electron chi connectivity index (χ3n) is 3.41. The van der Waals surface area contributed by atoms with Gasteiger partial charge >= 0.3 is 21.7 Å². The molecule has 0 aliphatic carbocycles. The van der Waals surface area contributed by atoms with Gasteiger partial charge in [-0.3, -0.25) is 6.54 Å². The van der Waals surface area contributed by atoms with Crippen molar-refractivity contribution in [3.05, 3.63) is 6.54 Å². The van der Waals surface area contributed by atoms with Gasteiger partial charge in [-0.1, -0.05) is 0 Å². The van der Waals surface area contributed by atoms with E-state index in [1.165, 1.54) is 38.9 Å². The molecule has 0 aromatic rings. The number of nitrogens with one attached hydrogen (secondary N) is 2. The van der Waals surface area contributed by atoms with Crippen molar-refractivity contribution in [1.29, 1.82) is 0 Å². The Kier molecular flexibility index (Phi) is 24.7. The zero-order valence-electron chi connectivity index (χ0n) is 13.5. The van der Waals surface area contributed by atoms with Gasteiger partial charge in [0.2, 0.25) is 0 Å². The second kappa shape index (κ2) is 19.2. The molecule has 1 radical (unpaired) electrons. The van der Waals surface area contributed by atoms with Crippen LogP contribution in [0.1, 0.15) is 25.7 Å². The van der Waals surface area contributed by atoms with E-state index in [1.54, 1.807) is 0 Å². The second-order valence-electron chi connectivity index (χ2n) is 5.32. The molecule has 0 spiro atoms. The van der Waals surface area contributed by atoms with Gasteiger partial charge in [0.05, 0.1) is 0 Å². The van der Waals surface area contributed by atoms with E-state index in [-0.39, 0.29) is 46.5 Å². The Hall–Kier alpha value is 1.13. The summed E-state index contributed by atoms with van der Waals surface area (Å²) in [6, 6.07) is 0. The van der Waals surface area contributed by atoms with Crippen LogP contribution in [0.4, 0.5) is 0 Å². The minimum atomic E-state index is 0. The Morgan fingerprint density at radius 1 is 0.762 bits per heavy atom. The van der Waals surface area contributed by atoms with Crippen LogP contribution in [0.2, 0.25) is 0 Å². The molecule has 1 fully saturated rings. The van der Waals surface area contributed by atoms with Crippen LogP contribution in [0, 0.1) is 6.54 Å². The Morgan fingerprint density at radius 3 is 2.05 bits per heavy atom. The van der Waals surface area contributed by atoms with E-state index in [4.69, 9.17) is 0 Å². The number of nitrogens with zero attached hydrogens (tertiary/aromatic N) is 2. The van der Waals surface area contributed by atoms with Crippen molar-refractivity contribution in [1.82, 2.24) is 20.4 Å². The fraction of sp³-hybridized carbons (Fsp3) is 0.929. The van der Waals surface area contributed by atoms with Gasteiger partial charge in [0, 0.05) is 0 Å². The standard InChI is InChI=1S/C14H31N4.2ClH.Ti/c1-17-11-4-9-15-7-3-8-16-10-5-12-18(2)14-6-13-17;;;/h11,15-16H,3-10,12-14H2,1-2H3;2*1H;/q-1;;;+3/p-2. The quantitative estimate of drug-likeness (QED) is 0.328. The summed E-state index contributed by atoms with van der Waals surface area (Å²) in [7, 11) is 4.42. The van der Waals surface area contributed by atoms with Crippen molar-refractivity contribution in [2.75, 3.05) is 59.9 Å². The second-order valence-corrected chi connectivity index (χ2v) is 5.32. The molecule has 1 saturated heterocycles. The normalized spacial score (nSPS) is 21.4. The summed E-state index contributed by atoms with van der Waals surface area (Å²) in [4.78, 5) is 4.78. The molecule has 0 amide bonds. The van der Waals surface area contributed by atoms with Crippen LogP contribution in [0.15, 0.2) is 0 Å². The minimum Gasteiger partial charge on any atom is -1.00 e. The predicted octanol–water partition coefficient (Wildman–Crippen LogP) is -5.23. The molecule has 1 aliphatic heterocycles. The summed E-state index contributed by atoms with van der Waals surface area (Å²) in [6.07, 6.45) is 4.88. The molecule has 1 aliphatic rings. The molecule has 0 atom stereocenters. The van der Waals surface area contributed by atoms with Crippen molar-refractivity contribution in [3.8, 4) is 0 Å². The molecule has 21 heavy (non-hydrogen) atoms. The van der Waals surface area contributed by atoms with E-state index in [1.807, 2.05) is 0 Å². The van der Waals surface area contributed by atoms with Crippen LogP contribution >= 0.6 is 0 Å².